The van der Waals surface area contributed by atoms with Crippen LogP contribution in [-0.2, 0) is 6.61 Å². The molecule has 0 fully saturated rings. The third-order valence-electron chi connectivity index (χ3n) is 2.71. The lowest BCUT2D eigenvalue weighted by Crippen LogP contribution is -2.22. The predicted molar refractivity (Wildman–Crippen MR) is 54.1 cm³/mol. The van der Waals surface area contributed by atoms with E-state index in [-0.39, 0.29) is 12.6 Å². The Hall–Kier alpha value is -1.06. The molecule has 1 aromatic rings. The van der Waals surface area contributed by atoms with E-state index in [4.69, 9.17) is 15.6 Å². The molecule has 0 spiro atoms. The highest BCUT2D eigenvalue weighted by Gasteiger charge is 2.22. The predicted octanol–water partition coefficient (Wildman–Crippen LogP) is 1.27. The third kappa shape index (κ3) is 1.38. The Morgan fingerprint density at radius 1 is 1.57 bits per heavy atom. The van der Waals surface area contributed by atoms with Gasteiger partial charge in [-0.15, -0.1) is 0 Å². The normalized spacial score (nSPS) is 20.1. The topological polar surface area (TPSA) is 55.5 Å². The molecular weight excluding hydrogens is 178 g/mol. The van der Waals surface area contributed by atoms with Crippen molar-refractivity contribution in [2.75, 3.05) is 6.61 Å². The molecule has 1 aliphatic rings. The maximum atomic E-state index is 9.15. The van der Waals surface area contributed by atoms with Crippen molar-refractivity contribution in [1.82, 2.24) is 0 Å². The Balaban J connectivity index is 2.57. The van der Waals surface area contributed by atoms with Gasteiger partial charge in [-0.3, -0.25) is 0 Å². The van der Waals surface area contributed by atoms with E-state index in [1.165, 1.54) is 0 Å². The van der Waals surface area contributed by atoms with Gasteiger partial charge in [0.25, 0.3) is 0 Å². The van der Waals surface area contributed by atoms with Crippen molar-refractivity contribution in [3.63, 3.8) is 0 Å². The monoisotopic (exact) mass is 193 g/mol. The second-order valence-electron chi connectivity index (χ2n) is 3.69. The van der Waals surface area contributed by atoms with E-state index in [0.717, 1.165) is 28.9 Å². The maximum Gasteiger partial charge on any atom is 0.129 e. The van der Waals surface area contributed by atoms with Gasteiger partial charge in [-0.05, 0) is 12.5 Å². The fraction of sp³-hybridized carbons (Fsp3) is 0.455. The average Bonchev–Trinajstić information content (AvgIpc) is 2.18. The summed E-state index contributed by atoms with van der Waals surface area (Å²) in [6.07, 6.45) is 0.850. The molecule has 76 valence electrons. The number of hydrogen-bond donors (Lipinski definition) is 2. The number of nitrogens with two attached hydrogens (primary N) is 1. The number of benzene rings is 1. The van der Waals surface area contributed by atoms with Crippen LogP contribution in [0.1, 0.15) is 29.2 Å². The molecule has 1 aromatic carbocycles. The largest absolute Gasteiger partial charge is 0.493 e. The number of aliphatic hydroxyl groups is 1. The van der Waals surface area contributed by atoms with E-state index >= 15 is 0 Å². The summed E-state index contributed by atoms with van der Waals surface area (Å²) in [5.74, 6) is 0.797. The molecule has 3 heteroatoms. The van der Waals surface area contributed by atoms with Crippen molar-refractivity contribution in [3.05, 3.63) is 28.8 Å². The molecule has 2 rings (SSSR count). The van der Waals surface area contributed by atoms with Crippen LogP contribution >= 0.6 is 0 Å². The number of rotatable bonds is 1. The molecule has 0 saturated carbocycles. The first kappa shape index (κ1) is 9.49. The van der Waals surface area contributed by atoms with Crippen LogP contribution < -0.4 is 10.5 Å². The average molecular weight is 193 g/mol. The molecule has 0 aliphatic carbocycles. The first-order chi connectivity index (χ1) is 6.74. The van der Waals surface area contributed by atoms with Crippen LogP contribution in [0.5, 0.6) is 5.75 Å². The SMILES string of the molecule is Cc1ccc(CO)c2c1[C@@H](N)CCO2. The Labute approximate surface area is 83.5 Å². The van der Waals surface area contributed by atoms with Gasteiger partial charge in [-0.1, -0.05) is 12.1 Å². The van der Waals surface area contributed by atoms with Crippen LogP contribution in [-0.4, -0.2) is 11.7 Å². The molecule has 0 amide bonds. The van der Waals surface area contributed by atoms with E-state index in [0.29, 0.717) is 6.61 Å². The van der Waals surface area contributed by atoms with Crippen molar-refractivity contribution in [2.45, 2.75) is 26.0 Å². The lowest BCUT2D eigenvalue weighted by Gasteiger charge is -2.26. The molecule has 0 radical (unpaired) electrons. The molecule has 0 aromatic heterocycles. The molecule has 1 aliphatic heterocycles. The van der Waals surface area contributed by atoms with Crippen molar-refractivity contribution in [1.29, 1.82) is 0 Å². The molecule has 1 atom stereocenters. The zero-order valence-corrected chi connectivity index (χ0v) is 8.29. The highest BCUT2D eigenvalue weighted by Crippen LogP contribution is 2.36. The van der Waals surface area contributed by atoms with E-state index in [9.17, 15) is 0 Å². The number of aryl methyl sites for hydroxylation is 1. The lowest BCUT2D eigenvalue weighted by atomic mass is 9.94. The van der Waals surface area contributed by atoms with Crippen LogP contribution in [0.15, 0.2) is 12.1 Å². The van der Waals surface area contributed by atoms with Gasteiger partial charge in [-0.2, -0.15) is 0 Å². The van der Waals surface area contributed by atoms with E-state index < -0.39 is 0 Å². The molecule has 0 bridgehead atoms. The van der Waals surface area contributed by atoms with Crippen LogP contribution in [0.3, 0.4) is 0 Å². The number of fused-ring (bicyclic) bond motifs is 1. The van der Waals surface area contributed by atoms with Crippen LogP contribution in [0.2, 0.25) is 0 Å². The van der Waals surface area contributed by atoms with Crippen molar-refractivity contribution in [2.24, 2.45) is 5.73 Å². The fourth-order valence-corrected chi connectivity index (χ4v) is 1.93. The Morgan fingerprint density at radius 2 is 2.36 bits per heavy atom. The molecule has 14 heavy (non-hydrogen) atoms. The summed E-state index contributed by atoms with van der Waals surface area (Å²) in [5, 5.41) is 9.15. The second kappa shape index (κ2) is 3.59. The minimum Gasteiger partial charge on any atom is -0.493 e. The summed E-state index contributed by atoms with van der Waals surface area (Å²) in [7, 11) is 0. The van der Waals surface area contributed by atoms with Gasteiger partial charge >= 0.3 is 0 Å². The third-order valence-corrected chi connectivity index (χ3v) is 2.71. The number of aliphatic hydroxyl groups excluding tert-OH is 1. The standard InChI is InChI=1S/C11H15NO2/c1-7-2-3-8(6-13)11-10(7)9(12)4-5-14-11/h2-3,9,13H,4-6,12H2,1H3/t9-/m0/s1. The van der Waals surface area contributed by atoms with Crippen LogP contribution in [0.25, 0.3) is 0 Å². The first-order valence-electron chi connectivity index (χ1n) is 4.85. The first-order valence-corrected chi connectivity index (χ1v) is 4.85. The Morgan fingerprint density at radius 3 is 3.07 bits per heavy atom. The summed E-state index contributed by atoms with van der Waals surface area (Å²) in [6, 6.07) is 3.93. The zero-order valence-electron chi connectivity index (χ0n) is 8.29. The van der Waals surface area contributed by atoms with Crippen molar-refractivity contribution >= 4 is 0 Å². The van der Waals surface area contributed by atoms with Gasteiger partial charge < -0.3 is 15.6 Å². The Bertz CT molecular complexity index is 349. The molecule has 0 unspecified atom stereocenters. The minimum atomic E-state index is 0.00926. The molecule has 3 nitrogen and oxygen atoms in total. The number of ether oxygens (including phenoxy) is 1. The van der Waals surface area contributed by atoms with Gasteiger partial charge in [0.15, 0.2) is 0 Å². The number of hydrogen-bond acceptors (Lipinski definition) is 3. The summed E-state index contributed by atoms with van der Waals surface area (Å²) < 4.78 is 5.56. The summed E-state index contributed by atoms with van der Waals surface area (Å²) in [4.78, 5) is 0. The van der Waals surface area contributed by atoms with Crippen LogP contribution in [0.4, 0.5) is 0 Å². The molecular formula is C11H15NO2. The summed E-state index contributed by atoms with van der Waals surface area (Å²) in [6.45, 7) is 2.68. The highest BCUT2D eigenvalue weighted by molar-refractivity contribution is 5.48. The minimum absolute atomic E-state index is 0.00926. The molecule has 1 heterocycles. The van der Waals surface area contributed by atoms with E-state index in [1.807, 2.05) is 19.1 Å². The van der Waals surface area contributed by atoms with Gasteiger partial charge in [0.1, 0.15) is 5.75 Å². The van der Waals surface area contributed by atoms with Gasteiger partial charge in [0.2, 0.25) is 0 Å². The van der Waals surface area contributed by atoms with Gasteiger partial charge in [0.05, 0.1) is 13.2 Å². The second-order valence-corrected chi connectivity index (χ2v) is 3.69. The maximum absolute atomic E-state index is 9.15. The summed E-state index contributed by atoms with van der Waals surface area (Å²) in [5.41, 5.74) is 9.04. The Kier molecular flexibility index (Phi) is 2.44. The van der Waals surface area contributed by atoms with E-state index in [2.05, 4.69) is 0 Å². The van der Waals surface area contributed by atoms with Gasteiger partial charge in [0, 0.05) is 23.6 Å². The highest BCUT2D eigenvalue weighted by atomic mass is 16.5. The molecule has 0 saturated heterocycles. The summed E-state index contributed by atoms with van der Waals surface area (Å²) >= 11 is 0. The zero-order chi connectivity index (χ0) is 10.1. The van der Waals surface area contributed by atoms with Crippen LogP contribution in [0, 0.1) is 6.92 Å². The fourth-order valence-electron chi connectivity index (χ4n) is 1.93. The van der Waals surface area contributed by atoms with Gasteiger partial charge in [-0.25, -0.2) is 0 Å². The van der Waals surface area contributed by atoms with E-state index in [1.54, 1.807) is 0 Å². The quantitative estimate of drug-likeness (QED) is 0.706. The van der Waals surface area contributed by atoms with Crippen molar-refractivity contribution in [3.8, 4) is 5.75 Å². The lowest BCUT2D eigenvalue weighted by molar-refractivity contribution is 0.242. The smallest absolute Gasteiger partial charge is 0.129 e. The molecule has 3 N–H and O–H groups in total. The van der Waals surface area contributed by atoms with Crippen molar-refractivity contribution < 1.29 is 9.84 Å².